The lowest BCUT2D eigenvalue weighted by atomic mass is 10.2. The first kappa shape index (κ1) is 18.2. The van der Waals surface area contributed by atoms with E-state index in [-0.39, 0.29) is 11.8 Å². The summed E-state index contributed by atoms with van der Waals surface area (Å²) in [5, 5.41) is 6.05. The van der Waals surface area contributed by atoms with Gasteiger partial charge in [0.2, 0.25) is 0 Å². The van der Waals surface area contributed by atoms with Crippen molar-refractivity contribution in [2.24, 2.45) is 0 Å². The lowest BCUT2D eigenvalue weighted by Gasteiger charge is -2.13. The normalized spacial score (nSPS) is 10.2. The maximum absolute atomic E-state index is 12.6. The van der Waals surface area contributed by atoms with Gasteiger partial charge < -0.3 is 10.6 Å². The van der Waals surface area contributed by atoms with Gasteiger partial charge in [0, 0.05) is 15.1 Å². The van der Waals surface area contributed by atoms with Gasteiger partial charge in [-0.2, -0.15) is 0 Å². The molecule has 0 saturated carbocycles. The molecule has 4 nitrogen and oxygen atoms in total. The standard InChI is InChI=1S/C20H14BrClN2O2/c21-16-9-5-4-8-15(16)20(26)24-18-12-14(22)10-11-17(18)23-19(25)13-6-2-1-3-7-13/h1-12H,(H,23,25)(H,24,26). The molecule has 130 valence electrons. The third kappa shape index (κ3) is 4.31. The van der Waals surface area contributed by atoms with Gasteiger partial charge in [0.05, 0.1) is 16.9 Å². The van der Waals surface area contributed by atoms with Gasteiger partial charge in [0.1, 0.15) is 0 Å². The zero-order valence-corrected chi connectivity index (χ0v) is 15.8. The molecule has 0 saturated heterocycles. The molecule has 0 aliphatic carbocycles. The van der Waals surface area contributed by atoms with Crippen molar-refractivity contribution >= 4 is 50.7 Å². The second kappa shape index (κ2) is 8.17. The lowest BCUT2D eigenvalue weighted by Crippen LogP contribution is -2.17. The molecular formula is C20H14BrClN2O2. The number of nitrogens with one attached hydrogen (secondary N) is 2. The fourth-order valence-corrected chi connectivity index (χ4v) is 2.98. The third-order valence-corrected chi connectivity index (χ3v) is 4.56. The molecule has 0 aliphatic heterocycles. The van der Waals surface area contributed by atoms with E-state index in [1.807, 2.05) is 12.1 Å². The first-order valence-corrected chi connectivity index (χ1v) is 8.93. The minimum Gasteiger partial charge on any atom is -0.320 e. The Labute approximate surface area is 164 Å². The molecule has 0 bridgehead atoms. The molecule has 2 amide bonds. The molecule has 0 aliphatic rings. The van der Waals surface area contributed by atoms with E-state index >= 15 is 0 Å². The monoisotopic (exact) mass is 428 g/mol. The van der Waals surface area contributed by atoms with Crippen LogP contribution in [0.5, 0.6) is 0 Å². The first-order chi connectivity index (χ1) is 12.5. The summed E-state index contributed by atoms with van der Waals surface area (Å²) in [6.45, 7) is 0. The number of hydrogen-bond donors (Lipinski definition) is 2. The van der Waals surface area contributed by atoms with Gasteiger partial charge in [0.15, 0.2) is 0 Å². The number of amides is 2. The molecule has 2 N–H and O–H groups in total. The van der Waals surface area contributed by atoms with Crippen LogP contribution in [0.25, 0.3) is 0 Å². The van der Waals surface area contributed by atoms with Crippen LogP contribution in [-0.2, 0) is 0 Å². The van der Waals surface area contributed by atoms with Gasteiger partial charge in [-0.1, -0.05) is 41.9 Å². The van der Waals surface area contributed by atoms with E-state index in [0.717, 1.165) is 0 Å². The van der Waals surface area contributed by atoms with Crippen molar-refractivity contribution in [1.82, 2.24) is 0 Å². The Balaban J connectivity index is 1.86. The smallest absolute Gasteiger partial charge is 0.256 e. The highest BCUT2D eigenvalue weighted by molar-refractivity contribution is 9.10. The maximum Gasteiger partial charge on any atom is 0.256 e. The van der Waals surface area contributed by atoms with E-state index in [1.54, 1.807) is 60.7 Å². The molecule has 3 aromatic carbocycles. The summed E-state index contributed by atoms with van der Waals surface area (Å²) in [7, 11) is 0. The van der Waals surface area contributed by atoms with Crippen LogP contribution >= 0.6 is 27.5 Å². The number of anilines is 2. The van der Waals surface area contributed by atoms with Crippen molar-refractivity contribution in [3.63, 3.8) is 0 Å². The quantitative estimate of drug-likeness (QED) is 0.566. The molecular weight excluding hydrogens is 416 g/mol. The van der Waals surface area contributed by atoms with Crippen molar-refractivity contribution in [1.29, 1.82) is 0 Å². The maximum atomic E-state index is 12.6. The molecule has 0 heterocycles. The molecule has 3 rings (SSSR count). The molecule has 3 aromatic rings. The Morgan fingerprint density at radius 1 is 0.769 bits per heavy atom. The van der Waals surface area contributed by atoms with E-state index in [9.17, 15) is 9.59 Å². The zero-order chi connectivity index (χ0) is 18.5. The molecule has 26 heavy (non-hydrogen) atoms. The fourth-order valence-electron chi connectivity index (χ4n) is 2.35. The zero-order valence-electron chi connectivity index (χ0n) is 13.5. The number of carbonyl (C=O) groups excluding carboxylic acids is 2. The molecule has 6 heteroatoms. The highest BCUT2D eigenvalue weighted by Crippen LogP contribution is 2.28. The van der Waals surface area contributed by atoms with E-state index in [0.29, 0.717) is 32.0 Å². The molecule has 0 unspecified atom stereocenters. The van der Waals surface area contributed by atoms with Gasteiger partial charge in [0.25, 0.3) is 11.8 Å². The van der Waals surface area contributed by atoms with Crippen LogP contribution in [0.15, 0.2) is 77.3 Å². The van der Waals surface area contributed by atoms with Crippen LogP contribution < -0.4 is 10.6 Å². The summed E-state index contributed by atoms with van der Waals surface area (Å²) in [5.74, 6) is -0.584. The minimum atomic E-state index is -0.310. The summed E-state index contributed by atoms with van der Waals surface area (Å²) >= 11 is 9.42. The van der Waals surface area contributed by atoms with Crippen molar-refractivity contribution in [2.45, 2.75) is 0 Å². The van der Waals surface area contributed by atoms with E-state index in [1.165, 1.54) is 0 Å². The molecule has 0 aromatic heterocycles. The third-order valence-electron chi connectivity index (χ3n) is 3.63. The van der Waals surface area contributed by atoms with E-state index in [2.05, 4.69) is 26.6 Å². The van der Waals surface area contributed by atoms with E-state index < -0.39 is 0 Å². The van der Waals surface area contributed by atoms with Gasteiger partial charge >= 0.3 is 0 Å². The number of rotatable bonds is 4. The van der Waals surface area contributed by atoms with Crippen molar-refractivity contribution < 1.29 is 9.59 Å². The van der Waals surface area contributed by atoms with Crippen molar-refractivity contribution in [2.75, 3.05) is 10.6 Å². The van der Waals surface area contributed by atoms with Crippen molar-refractivity contribution in [3.8, 4) is 0 Å². The Morgan fingerprint density at radius 3 is 2.15 bits per heavy atom. The van der Waals surface area contributed by atoms with E-state index in [4.69, 9.17) is 11.6 Å². The second-order valence-electron chi connectivity index (χ2n) is 5.44. The molecule has 0 spiro atoms. The predicted molar refractivity (Wildman–Crippen MR) is 108 cm³/mol. The summed E-state index contributed by atoms with van der Waals surface area (Å²) in [5.41, 5.74) is 1.88. The molecule has 0 atom stereocenters. The van der Waals surface area contributed by atoms with Gasteiger partial charge in [-0.25, -0.2) is 0 Å². The number of halogens is 2. The Hall–Kier alpha value is -2.63. The van der Waals surface area contributed by atoms with Gasteiger partial charge in [-0.3, -0.25) is 9.59 Å². The highest BCUT2D eigenvalue weighted by atomic mass is 79.9. The first-order valence-electron chi connectivity index (χ1n) is 7.76. The highest BCUT2D eigenvalue weighted by Gasteiger charge is 2.14. The topological polar surface area (TPSA) is 58.2 Å². The van der Waals surface area contributed by atoms with Gasteiger partial charge in [-0.05, 0) is 58.4 Å². The number of benzene rings is 3. The van der Waals surface area contributed by atoms with Crippen LogP contribution in [0.1, 0.15) is 20.7 Å². The number of hydrogen-bond acceptors (Lipinski definition) is 2. The van der Waals surface area contributed by atoms with Crippen LogP contribution in [0.4, 0.5) is 11.4 Å². The predicted octanol–water partition coefficient (Wildman–Crippen LogP) is 5.61. The SMILES string of the molecule is O=C(Nc1ccc(Cl)cc1NC(=O)c1ccccc1Br)c1ccccc1. The summed E-state index contributed by atoms with van der Waals surface area (Å²) in [6.07, 6.45) is 0. The van der Waals surface area contributed by atoms with Gasteiger partial charge in [-0.15, -0.1) is 0 Å². The van der Waals surface area contributed by atoms with Crippen LogP contribution in [-0.4, -0.2) is 11.8 Å². The second-order valence-corrected chi connectivity index (χ2v) is 6.73. The Morgan fingerprint density at radius 2 is 1.42 bits per heavy atom. The number of carbonyl (C=O) groups is 2. The Bertz CT molecular complexity index is 961. The lowest BCUT2D eigenvalue weighted by molar-refractivity contribution is 0.101. The summed E-state index contributed by atoms with van der Waals surface area (Å²) in [6, 6.07) is 20.8. The molecule has 0 fully saturated rings. The minimum absolute atomic E-state index is 0.274. The van der Waals surface area contributed by atoms with Crippen molar-refractivity contribution in [3.05, 3.63) is 93.4 Å². The van der Waals surface area contributed by atoms with Crippen LogP contribution in [0.3, 0.4) is 0 Å². The van der Waals surface area contributed by atoms with Crippen LogP contribution in [0.2, 0.25) is 5.02 Å². The fraction of sp³-hybridized carbons (Fsp3) is 0. The average Bonchev–Trinajstić information content (AvgIpc) is 2.65. The summed E-state index contributed by atoms with van der Waals surface area (Å²) in [4.78, 5) is 25.0. The summed E-state index contributed by atoms with van der Waals surface area (Å²) < 4.78 is 0.675. The Kier molecular flexibility index (Phi) is 5.71. The largest absolute Gasteiger partial charge is 0.320 e. The van der Waals surface area contributed by atoms with Crippen LogP contribution in [0, 0.1) is 0 Å². The average molecular weight is 430 g/mol. The molecule has 0 radical (unpaired) electrons.